The highest BCUT2D eigenvalue weighted by atomic mass is 16.3. The van der Waals surface area contributed by atoms with Crippen molar-refractivity contribution in [1.29, 1.82) is 0 Å². The first-order valence-electron chi connectivity index (χ1n) is 2.74. The summed E-state index contributed by atoms with van der Waals surface area (Å²) in [4.78, 5) is 5.72. The van der Waals surface area contributed by atoms with E-state index in [1.54, 1.807) is 18.2 Å². The summed E-state index contributed by atoms with van der Waals surface area (Å²) in [5.74, 6) is 0. The first-order valence-corrected chi connectivity index (χ1v) is 2.74. The molecule has 0 radical (unpaired) electrons. The highest BCUT2D eigenvalue weighted by Crippen LogP contribution is 1.96. The van der Waals surface area contributed by atoms with Gasteiger partial charge in [0.15, 0.2) is 0 Å². The van der Waals surface area contributed by atoms with Crippen molar-refractivity contribution in [2.75, 3.05) is 13.1 Å². The molecular weight excluding hydrogens is 104 g/mol. The molecule has 1 aliphatic rings. The lowest BCUT2D eigenvalue weighted by atomic mass is 10.5. The molecule has 0 aromatic rings. The van der Waals surface area contributed by atoms with Gasteiger partial charge in [0, 0.05) is 6.54 Å². The molecule has 0 fully saturated rings. The predicted octanol–water partition coefficient (Wildman–Crippen LogP) is -0.331. The summed E-state index contributed by atoms with van der Waals surface area (Å²) < 4.78 is 0. The van der Waals surface area contributed by atoms with Gasteiger partial charge < -0.3 is 10.0 Å². The zero-order chi connectivity index (χ0) is 5.98. The van der Waals surface area contributed by atoms with Crippen molar-refractivity contribution in [3.63, 3.8) is 0 Å². The zero-order valence-electron chi connectivity index (χ0n) is 4.91. The molecule has 0 spiro atoms. The van der Waals surface area contributed by atoms with Crippen LogP contribution in [0.1, 0.15) is 6.92 Å². The van der Waals surface area contributed by atoms with E-state index in [4.69, 9.17) is 5.11 Å². The van der Waals surface area contributed by atoms with Crippen LogP contribution in [0.4, 0.5) is 0 Å². The van der Waals surface area contributed by atoms with Crippen LogP contribution >= 0.6 is 0 Å². The van der Waals surface area contributed by atoms with Crippen molar-refractivity contribution < 1.29 is 5.11 Å². The van der Waals surface area contributed by atoms with Gasteiger partial charge in [0.1, 0.15) is 6.23 Å². The van der Waals surface area contributed by atoms with Crippen LogP contribution in [0, 0.1) is 0 Å². The van der Waals surface area contributed by atoms with Crippen molar-refractivity contribution in [2.45, 2.75) is 13.2 Å². The third-order valence-electron chi connectivity index (χ3n) is 1.20. The van der Waals surface area contributed by atoms with Crippen LogP contribution in [0.25, 0.3) is 0 Å². The highest BCUT2D eigenvalue weighted by molar-refractivity contribution is 5.57. The van der Waals surface area contributed by atoms with E-state index in [1.807, 2.05) is 0 Å². The molecule has 8 heavy (non-hydrogen) atoms. The first-order chi connectivity index (χ1) is 3.80. The maximum absolute atomic E-state index is 8.89. The summed E-state index contributed by atoms with van der Waals surface area (Å²) in [6.45, 7) is 3.42. The average Bonchev–Trinajstić information content (AvgIpc) is 2.12. The van der Waals surface area contributed by atoms with E-state index >= 15 is 0 Å². The third kappa shape index (κ3) is 0.980. The molecule has 1 aliphatic heterocycles. The lowest BCUT2D eigenvalue weighted by Crippen LogP contribution is -2.29. The quantitative estimate of drug-likeness (QED) is 0.506. The molecule has 3 heteroatoms. The SMILES string of the molecule is CC(O)N1C=NCC1. The molecule has 46 valence electrons. The van der Waals surface area contributed by atoms with Gasteiger partial charge >= 0.3 is 0 Å². The Morgan fingerprint density at radius 2 is 2.62 bits per heavy atom. The Hall–Kier alpha value is -0.570. The van der Waals surface area contributed by atoms with Gasteiger partial charge in [-0.1, -0.05) is 0 Å². The Kier molecular flexibility index (Phi) is 1.48. The second-order valence-corrected chi connectivity index (χ2v) is 1.89. The Labute approximate surface area is 48.6 Å². The minimum Gasteiger partial charge on any atom is -0.374 e. The normalized spacial score (nSPS) is 22.0. The summed E-state index contributed by atoms with van der Waals surface area (Å²) in [7, 11) is 0. The molecule has 0 amide bonds. The van der Waals surface area contributed by atoms with Gasteiger partial charge in [-0.3, -0.25) is 4.99 Å². The molecular formula is C5H10N2O. The second-order valence-electron chi connectivity index (χ2n) is 1.89. The zero-order valence-corrected chi connectivity index (χ0v) is 4.91. The van der Waals surface area contributed by atoms with E-state index in [9.17, 15) is 0 Å². The maximum atomic E-state index is 8.89. The lowest BCUT2D eigenvalue weighted by molar-refractivity contribution is 0.0814. The molecule has 1 unspecified atom stereocenters. The Balaban J connectivity index is 2.36. The molecule has 1 atom stereocenters. The summed E-state index contributed by atoms with van der Waals surface area (Å²) in [6, 6.07) is 0. The fourth-order valence-corrected chi connectivity index (χ4v) is 0.677. The van der Waals surface area contributed by atoms with Crippen LogP contribution in [-0.4, -0.2) is 35.7 Å². The van der Waals surface area contributed by atoms with Crippen molar-refractivity contribution in [1.82, 2.24) is 4.90 Å². The maximum Gasteiger partial charge on any atom is 0.124 e. The molecule has 0 bridgehead atoms. The van der Waals surface area contributed by atoms with Crippen molar-refractivity contribution >= 4 is 6.34 Å². The topological polar surface area (TPSA) is 35.8 Å². The second kappa shape index (κ2) is 2.13. The van der Waals surface area contributed by atoms with Gasteiger partial charge in [-0.15, -0.1) is 0 Å². The molecule has 0 saturated carbocycles. The first kappa shape index (κ1) is 5.56. The lowest BCUT2D eigenvalue weighted by Gasteiger charge is -2.16. The Morgan fingerprint density at radius 3 is 2.88 bits per heavy atom. The smallest absolute Gasteiger partial charge is 0.124 e. The Bertz CT molecular complexity index is 101. The largest absolute Gasteiger partial charge is 0.374 e. The van der Waals surface area contributed by atoms with E-state index in [2.05, 4.69) is 4.99 Å². The molecule has 0 aromatic carbocycles. The highest BCUT2D eigenvalue weighted by Gasteiger charge is 2.08. The van der Waals surface area contributed by atoms with Gasteiger partial charge in [0.2, 0.25) is 0 Å². The Morgan fingerprint density at radius 1 is 1.88 bits per heavy atom. The summed E-state index contributed by atoms with van der Waals surface area (Å²) in [6.07, 6.45) is 1.31. The molecule has 1 heterocycles. The minimum atomic E-state index is -0.374. The molecule has 1 N–H and O–H groups in total. The van der Waals surface area contributed by atoms with Gasteiger partial charge in [-0.05, 0) is 6.92 Å². The van der Waals surface area contributed by atoms with Crippen LogP contribution in [-0.2, 0) is 0 Å². The van der Waals surface area contributed by atoms with Gasteiger partial charge in [-0.2, -0.15) is 0 Å². The number of aliphatic imine (C=N–C) groups is 1. The van der Waals surface area contributed by atoms with E-state index in [1.165, 1.54) is 0 Å². The summed E-state index contributed by atoms with van der Waals surface area (Å²) in [5.41, 5.74) is 0. The number of hydrogen-bond acceptors (Lipinski definition) is 3. The third-order valence-corrected chi connectivity index (χ3v) is 1.20. The van der Waals surface area contributed by atoms with Crippen LogP contribution < -0.4 is 0 Å². The van der Waals surface area contributed by atoms with E-state index in [-0.39, 0.29) is 6.23 Å². The van der Waals surface area contributed by atoms with Crippen LogP contribution in [0.5, 0.6) is 0 Å². The number of hydrogen-bond donors (Lipinski definition) is 1. The number of aliphatic hydroxyl groups excluding tert-OH is 1. The standard InChI is InChI=1S/C5H10N2O/c1-5(8)7-3-2-6-4-7/h4-5,8H,2-3H2,1H3. The van der Waals surface area contributed by atoms with Gasteiger partial charge in [-0.25, -0.2) is 0 Å². The van der Waals surface area contributed by atoms with E-state index in [0.717, 1.165) is 13.1 Å². The fraction of sp³-hybridized carbons (Fsp3) is 0.800. The molecule has 0 aliphatic carbocycles. The molecule has 1 rings (SSSR count). The van der Waals surface area contributed by atoms with Gasteiger partial charge in [0.05, 0.1) is 12.9 Å². The van der Waals surface area contributed by atoms with Crippen molar-refractivity contribution in [3.05, 3.63) is 0 Å². The van der Waals surface area contributed by atoms with Crippen LogP contribution in [0.2, 0.25) is 0 Å². The number of aliphatic hydroxyl groups is 1. The monoisotopic (exact) mass is 114 g/mol. The predicted molar refractivity (Wildman–Crippen MR) is 31.7 cm³/mol. The average molecular weight is 114 g/mol. The van der Waals surface area contributed by atoms with E-state index < -0.39 is 0 Å². The molecule has 0 saturated heterocycles. The minimum absolute atomic E-state index is 0.374. The van der Waals surface area contributed by atoms with E-state index in [0.29, 0.717) is 0 Å². The number of nitrogens with zero attached hydrogens (tertiary/aromatic N) is 2. The molecule has 0 aromatic heterocycles. The summed E-state index contributed by atoms with van der Waals surface area (Å²) in [5, 5.41) is 8.89. The van der Waals surface area contributed by atoms with Gasteiger partial charge in [0.25, 0.3) is 0 Å². The summed E-state index contributed by atoms with van der Waals surface area (Å²) >= 11 is 0. The molecule has 3 nitrogen and oxygen atoms in total. The van der Waals surface area contributed by atoms with Crippen LogP contribution in [0.3, 0.4) is 0 Å². The number of rotatable bonds is 1. The van der Waals surface area contributed by atoms with Crippen LogP contribution in [0.15, 0.2) is 4.99 Å². The fourth-order valence-electron chi connectivity index (χ4n) is 0.677. The van der Waals surface area contributed by atoms with Crippen molar-refractivity contribution in [3.8, 4) is 0 Å². The van der Waals surface area contributed by atoms with Crippen molar-refractivity contribution in [2.24, 2.45) is 4.99 Å².